The van der Waals surface area contributed by atoms with Gasteiger partial charge in [-0.2, -0.15) is 0 Å². The number of amides is 1. The predicted octanol–water partition coefficient (Wildman–Crippen LogP) is 7.98. The van der Waals surface area contributed by atoms with Crippen LogP contribution in [0.15, 0.2) is 78.2 Å². The van der Waals surface area contributed by atoms with Crippen LogP contribution in [0, 0.1) is 0 Å². The van der Waals surface area contributed by atoms with Gasteiger partial charge in [0.2, 0.25) is 0 Å². The molecule has 0 atom stereocenters. The largest absolute Gasteiger partial charge is 0.494 e. The SMILES string of the molecule is CCOc1ccc(-c2cc(C(=O)Nc3nc(-c4ccc(Cl)c(Cl)c4)cs3)c3ccccc3n2)cc1. The number of thiazole rings is 1. The van der Waals surface area contributed by atoms with Gasteiger partial charge in [-0.05, 0) is 55.5 Å². The van der Waals surface area contributed by atoms with E-state index in [1.807, 2.05) is 66.9 Å². The van der Waals surface area contributed by atoms with Crippen molar-refractivity contribution in [3.8, 4) is 28.3 Å². The molecule has 3 aromatic carbocycles. The van der Waals surface area contributed by atoms with Crippen LogP contribution < -0.4 is 10.1 Å². The van der Waals surface area contributed by atoms with Crippen LogP contribution in [0.25, 0.3) is 33.4 Å². The minimum atomic E-state index is -0.258. The second-order valence-corrected chi connectivity index (χ2v) is 9.32. The van der Waals surface area contributed by atoms with E-state index < -0.39 is 0 Å². The number of halogens is 2. The summed E-state index contributed by atoms with van der Waals surface area (Å²) < 4.78 is 5.54. The molecule has 5 nitrogen and oxygen atoms in total. The molecule has 1 amide bonds. The zero-order valence-electron chi connectivity index (χ0n) is 18.6. The number of carbonyl (C=O) groups excluding carboxylic acids is 1. The summed E-state index contributed by atoms with van der Waals surface area (Å²) >= 11 is 13.5. The number of carbonyl (C=O) groups is 1. The van der Waals surface area contributed by atoms with E-state index in [1.54, 1.807) is 18.2 Å². The fourth-order valence-electron chi connectivity index (χ4n) is 3.68. The van der Waals surface area contributed by atoms with Gasteiger partial charge in [0.05, 0.1) is 39.1 Å². The van der Waals surface area contributed by atoms with Gasteiger partial charge in [-0.1, -0.05) is 47.5 Å². The number of benzene rings is 3. The predicted molar refractivity (Wildman–Crippen MR) is 144 cm³/mol. The second-order valence-electron chi connectivity index (χ2n) is 7.65. The lowest BCUT2D eigenvalue weighted by Gasteiger charge is -2.10. The smallest absolute Gasteiger partial charge is 0.258 e. The third-order valence-electron chi connectivity index (χ3n) is 5.36. The highest BCUT2D eigenvalue weighted by Gasteiger charge is 2.16. The summed E-state index contributed by atoms with van der Waals surface area (Å²) in [5.41, 5.74) is 4.38. The highest BCUT2D eigenvalue weighted by molar-refractivity contribution is 7.14. The Morgan fingerprint density at radius 2 is 1.69 bits per heavy atom. The Kier molecular flexibility index (Phi) is 6.68. The summed E-state index contributed by atoms with van der Waals surface area (Å²) in [5.74, 6) is 0.530. The third-order valence-corrected chi connectivity index (χ3v) is 6.86. The molecule has 5 aromatic rings. The molecule has 2 aromatic heterocycles. The second kappa shape index (κ2) is 10.0. The van der Waals surface area contributed by atoms with Crippen molar-refractivity contribution in [2.75, 3.05) is 11.9 Å². The molecule has 0 saturated carbocycles. The van der Waals surface area contributed by atoms with Gasteiger partial charge in [0, 0.05) is 21.9 Å². The molecule has 0 spiro atoms. The van der Waals surface area contributed by atoms with Gasteiger partial charge in [0.25, 0.3) is 5.91 Å². The van der Waals surface area contributed by atoms with Gasteiger partial charge in [0.1, 0.15) is 5.75 Å². The molecule has 8 heteroatoms. The fraction of sp³-hybridized carbons (Fsp3) is 0.0741. The van der Waals surface area contributed by atoms with Crippen LogP contribution in [0.2, 0.25) is 10.0 Å². The molecule has 174 valence electrons. The first-order chi connectivity index (χ1) is 17.0. The van der Waals surface area contributed by atoms with Crippen molar-refractivity contribution in [3.05, 3.63) is 93.8 Å². The summed E-state index contributed by atoms with van der Waals surface area (Å²) in [5, 5.41) is 6.98. The van der Waals surface area contributed by atoms with Gasteiger partial charge in [-0.3, -0.25) is 10.1 Å². The van der Waals surface area contributed by atoms with Crippen LogP contribution >= 0.6 is 34.5 Å². The normalized spacial score (nSPS) is 10.9. The molecule has 0 aliphatic heterocycles. The maximum Gasteiger partial charge on any atom is 0.258 e. The first kappa shape index (κ1) is 23.3. The lowest BCUT2D eigenvalue weighted by molar-refractivity contribution is 0.102. The van der Waals surface area contributed by atoms with E-state index in [1.165, 1.54) is 11.3 Å². The number of ether oxygens (including phenoxy) is 1. The van der Waals surface area contributed by atoms with Gasteiger partial charge in [0.15, 0.2) is 5.13 Å². The van der Waals surface area contributed by atoms with Crippen molar-refractivity contribution in [1.82, 2.24) is 9.97 Å². The Morgan fingerprint density at radius 3 is 2.46 bits per heavy atom. The quantitative estimate of drug-likeness (QED) is 0.247. The molecule has 0 unspecified atom stereocenters. The zero-order valence-corrected chi connectivity index (χ0v) is 20.9. The average molecular weight is 520 g/mol. The van der Waals surface area contributed by atoms with E-state index in [9.17, 15) is 4.79 Å². The molecule has 0 fully saturated rings. The Morgan fingerprint density at radius 1 is 0.914 bits per heavy atom. The van der Waals surface area contributed by atoms with Crippen molar-refractivity contribution in [2.24, 2.45) is 0 Å². The van der Waals surface area contributed by atoms with E-state index in [0.29, 0.717) is 38.7 Å². The third kappa shape index (κ3) is 5.00. The van der Waals surface area contributed by atoms with Crippen molar-refractivity contribution < 1.29 is 9.53 Å². The lowest BCUT2D eigenvalue weighted by atomic mass is 10.0. The van der Waals surface area contributed by atoms with Crippen molar-refractivity contribution in [2.45, 2.75) is 6.92 Å². The first-order valence-electron chi connectivity index (χ1n) is 10.9. The molecule has 0 radical (unpaired) electrons. The number of fused-ring (bicyclic) bond motifs is 1. The summed E-state index contributed by atoms with van der Waals surface area (Å²) in [6, 6.07) is 22.4. The van der Waals surface area contributed by atoms with E-state index in [0.717, 1.165) is 27.8 Å². The van der Waals surface area contributed by atoms with Crippen LogP contribution in [0.3, 0.4) is 0 Å². The highest BCUT2D eigenvalue weighted by Crippen LogP contribution is 2.31. The van der Waals surface area contributed by atoms with E-state index >= 15 is 0 Å². The fourth-order valence-corrected chi connectivity index (χ4v) is 4.70. The molecular formula is C27H19Cl2N3O2S. The van der Waals surface area contributed by atoms with Crippen molar-refractivity contribution in [1.29, 1.82) is 0 Å². The molecular weight excluding hydrogens is 501 g/mol. The van der Waals surface area contributed by atoms with Crippen LogP contribution in [0.5, 0.6) is 5.75 Å². The van der Waals surface area contributed by atoms with Crippen LogP contribution in [0.1, 0.15) is 17.3 Å². The van der Waals surface area contributed by atoms with Crippen LogP contribution in [-0.2, 0) is 0 Å². The topological polar surface area (TPSA) is 64.1 Å². The van der Waals surface area contributed by atoms with Gasteiger partial charge in [-0.25, -0.2) is 9.97 Å². The van der Waals surface area contributed by atoms with E-state index in [2.05, 4.69) is 10.3 Å². The van der Waals surface area contributed by atoms with Gasteiger partial charge in [-0.15, -0.1) is 11.3 Å². The maximum atomic E-state index is 13.4. The Bertz CT molecular complexity index is 1530. The number of hydrogen-bond acceptors (Lipinski definition) is 5. The number of para-hydroxylation sites is 1. The molecule has 35 heavy (non-hydrogen) atoms. The number of nitrogens with one attached hydrogen (secondary N) is 1. The highest BCUT2D eigenvalue weighted by atomic mass is 35.5. The number of anilines is 1. The summed E-state index contributed by atoms with van der Waals surface area (Å²) in [4.78, 5) is 22.7. The Hall–Kier alpha value is -3.45. The summed E-state index contributed by atoms with van der Waals surface area (Å²) in [7, 11) is 0. The molecule has 0 aliphatic rings. The molecule has 0 bridgehead atoms. The zero-order chi connectivity index (χ0) is 24.4. The molecule has 1 N–H and O–H groups in total. The monoisotopic (exact) mass is 519 g/mol. The van der Waals surface area contributed by atoms with Gasteiger partial charge >= 0.3 is 0 Å². The minimum absolute atomic E-state index is 0.258. The number of hydrogen-bond donors (Lipinski definition) is 1. The number of aromatic nitrogens is 2. The lowest BCUT2D eigenvalue weighted by Crippen LogP contribution is -2.13. The summed E-state index contributed by atoms with van der Waals surface area (Å²) in [6.45, 7) is 2.54. The van der Waals surface area contributed by atoms with Gasteiger partial charge < -0.3 is 4.74 Å². The summed E-state index contributed by atoms with van der Waals surface area (Å²) in [6.07, 6.45) is 0. The minimum Gasteiger partial charge on any atom is -0.494 e. The van der Waals surface area contributed by atoms with E-state index in [4.69, 9.17) is 32.9 Å². The Labute approximate surface area is 216 Å². The average Bonchev–Trinajstić information content (AvgIpc) is 3.34. The number of pyridine rings is 1. The van der Waals surface area contributed by atoms with Crippen LogP contribution in [-0.4, -0.2) is 22.5 Å². The van der Waals surface area contributed by atoms with Crippen molar-refractivity contribution >= 4 is 56.5 Å². The maximum absolute atomic E-state index is 13.4. The molecule has 0 aliphatic carbocycles. The molecule has 0 saturated heterocycles. The molecule has 5 rings (SSSR count). The first-order valence-corrected chi connectivity index (χ1v) is 12.5. The number of nitrogens with zero attached hydrogens (tertiary/aromatic N) is 2. The Balaban J connectivity index is 1.46. The standard InChI is InChI=1S/C27H19Cl2N3O2S/c1-2-34-18-10-7-16(8-11-18)24-14-20(19-5-3-4-6-23(19)30-24)26(33)32-27-31-25(15-35-27)17-9-12-21(28)22(29)13-17/h3-15H,2H2,1H3,(H,31,32,33). The van der Waals surface area contributed by atoms with Crippen molar-refractivity contribution in [3.63, 3.8) is 0 Å². The van der Waals surface area contributed by atoms with E-state index in [-0.39, 0.29) is 5.91 Å². The number of rotatable bonds is 6. The van der Waals surface area contributed by atoms with Crippen LogP contribution in [0.4, 0.5) is 5.13 Å². The molecule has 2 heterocycles.